The average Bonchev–Trinajstić information content (AvgIpc) is 2.48. The highest BCUT2D eigenvalue weighted by Crippen LogP contribution is 2.31. The molecule has 2 aromatic rings. The molecule has 0 unspecified atom stereocenters. The molecule has 0 spiro atoms. The summed E-state index contributed by atoms with van der Waals surface area (Å²) >= 11 is 11.5. The quantitative estimate of drug-likeness (QED) is 0.794. The van der Waals surface area contributed by atoms with E-state index in [1.54, 1.807) is 0 Å². The van der Waals surface area contributed by atoms with Crippen molar-refractivity contribution >= 4 is 35.1 Å². The standard InChI is InChI=1S/C14H10Cl2N2O4/c15-8-3-10(12(19)11(16)4-8)13(20)18-6-9-2-1-7(5-17-9)14(21)22/h1-5,19H,6H2,(H,18,20)(H,21,22). The maximum atomic E-state index is 12.0. The molecule has 1 aromatic heterocycles. The molecular weight excluding hydrogens is 331 g/mol. The van der Waals surface area contributed by atoms with Crippen molar-refractivity contribution in [3.8, 4) is 5.75 Å². The Labute approximate surface area is 135 Å². The summed E-state index contributed by atoms with van der Waals surface area (Å²) in [5, 5.41) is 21.2. The first kappa shape index (κ1) is 16.1. The number of carbonyl (C=O) groups is 2. The second-order valence-corrected chi connectivity index (χ2v) is 5.15. The lowest BCUT2D eigenvalue weighted by molar-refractivity contribution is 0.0696. The van der Waals surface area contributed by atoms with Crippen LogP contribution >= 0.6 is 23.2 Å². The van der Waals surface area contributed by atoms with Gasteiger partial charge < -0.3 is 15.5 Å². The topological polar surface area (TPSA) is 99.5 Å². The van der Waals surface area contributed by atoms with Crippen LogP contribution in [0.4, 0.5) is 0 Å². The Kier molecular flexibility index (Phi) is 4.85. The zero-order valence-electron chi connectivity index (χ0n) is 11.0. The number of amides is 1. The van der Waals surface area contributed by atoms with E-state index in [1.165, 1.54) is 30.5 Å². The molecule has 22 heavy (non-hydrogen) atoms. The molecule has 1 aromatic carbocycles. The van der Waals surface area contributed by atoms with Crippen molar-refractivity contribution in [1.29, 1.82) is 0 Å². The van der Waals surface area contributed by atoms with Gasteiger partial charge in [0, 0.05) is 11.2 Å². The molecule has 6 nitrogen and oxygen atoms in total. The van der Waals surface area contributed by atoms with Crippen molar-refractivity contribution in [2.45, 2.75) is 6.54 Å². The minimum absolute atomic E-state index is 0.0263. The minimum Gasteiger partial charge on any atom is -0.506 e. The number of rotatable bonds is 4. The molecule has 1 heterocycles. The number of aromatic hydroxyl groups is 1. The number of nitrogens with zero attached hydrogens (tertiary/aromatic N) is 1. The van der Waals surface area contributed by atoms with Gasteiger partial charge in [0.05, 0.1) is 28.4 Å². The lowest BCUT2D eigenvalue weighted by Gasteiger charge is -2.08. The number of halogens is 2. The van der Waals surface area contributed by atoms with Crippen LogP contribution in [0.2, 0.25) is 10.0 Å². The normalized spacial score (nSPS) is 10.3. The first-order valence-electron chi connectivity index (χ1n) is 6.03. The van der Waals surface area contributed by atoms with Gasteiger partial charge >= 0.3 is 5.97 Å². The van der Waals surface area contributed by atoms with E-state index in [0.717, 1.165) is 0 Å². The van der Waals surface area contributed by atoms with Crippen LogP contribution in [0.5, 0.6) is 5.75 Å². The molecule has 0 aliphatic rings. The third kappa shape index (κ3) is 3.66. The predicted molar refractivity (Wildman–Crippen MR) is 80.5 cm³/mol. The van der Waals surface area contributed by atoms with Gasteiger partial charge in [-0.1, -0.05) is 23.2 Å². The monoisotopic (exact) mass is 340 g/mol. The van der Waals surface area contributed by atoms with Crippen molar-refractivity contribution < 1.29 is 19.8 Å². The maximum absolute atomic E-state index is 12.0. The number of nitrogens with one attached hydrogen (secondary N) is 1. The van der Waals surface area contributed by atoms with E-state index in [2.05, 4.69) is 10.3 Å². The first-order chi connectivity index (χ1) is 10.4. The molecule has 0 fully saturated rings. The Morgan fingerprint density at radius 3 is 2.55 bits per heavy atom. The fourth-order valence-electron chi connectivity index (χ4n) is 1.66. The lowest BCUT2D eigenvalue weighted by atomic mass is 10.2. The summed E-state index contributed by atoms with van der Waals surface area (Å²) in [6.45, 7) is 0.0578. The van der Waals surface area contributed by atoms with Gasteiger partial charge in [-0.25, -0.2) is 4.79 Å². The van der Waals surface area contributed by atoms with Crippen LogP contribution in [-0.2, 0) is 6.54 Å². The summed E-state index contributed by atoms with van der Waals surface area (Å²) < 4.78 is 0. The molecule has 8 heteroatoms. The van der Waals surface area contributed by atoms with Crippen molar-refractivity contribution in [2.75, 3.05) is 0 Å². The van der Waals surface area contributed by atoms with Gasteiger partial charge in [-0.2, -0.15) is 0 Å². The predicted octanol–water partition coefficient (Wildman–Crippen LogP) is 2.72. The maximum Gasteiger partial charge on any atom is 0.337 e. The Morgan fingerprint density at radius 1 is 1.23 bits per heavy atom. The number of hydrogen-bond acceptors (Lipinski definition) is 4. The number of carboxylic acids is 1. The summed E-state index contributed by atoms with van der Waals surface area (Å²) in [4.78, 5) is 26.6. The van der Waals surface area contributed by atoms with Gasteiger partial charge in [-0.15, -0.1) is 0 Å². The van der Waals surface area contributed by atoms with Crippen molar-refractivity contribution in [3.63, 3.8) is 0 Å². The van der Waals surface area contributed by atoms with Crippen LogP contribution in [0.1, 0.15) is 26.4 Å². The van der Waals surface area contributed by atoms with E-state index in [-0.39, 0.29) is 33.5 Å². The van der Waals surface area contributed by atoms with Gasteiger partial charge in [0.2, 0.25) is 0 Å². The summed E-state index contributed by atoms with van der Waals surface area (Å²) in [5.74, 6) is -2.02. The largest absolute Gasteiger partial charge is 0.506 e. The molecule has 0 radical (unpaired) electrons. The fraction of sp³-hybridized carbons (Fsp3) is 0.0714. The van der Waals surface area contributed by atoms with Crippen molar-refractivity contribution in [1.82, 2.24) is 10.3 Å². The van der Waals surface area contributed by atoms with Crippen LogP contribution in [0, 0.1) is 0 Å². The summed E-state index contributed by atoms with van der Waals surface area (Å²) in [7, 11) is 0. The zero-order chi connectivity index (χ0) is 16.3. The molecule has 3 N–H and O–H groups in total. The Balaban J connectivity index is 2.08. The van der Waals surface area contributed by atoms with Crippen LogP contribution in [0.25, 0.3) is 0 Å². The molecule has 114 valence electrons. The van der Waals surface area contributed by atoms with Gasteiger partial charge in [0.25, 0.3) is 5.91 Å². The second kappa shape index (κ2) is 6.64. The van der Waals surface area contributed by atoms with Gasteiger partial charge in [0.15, 0.2) is 0 Å². The Hall–Kier alpha value is -2.31. The molecule has 0 atom stereocenters. The van der Waals surface area contributed by atoms with Crippen LogP contribution < -0.4 is 5.32 Å². The number of benzene rings is 1. The summed E-state index contributed by atoms with van der Waals surface area (Å²) in [6.07, 6.45) is 1.19. The van der Waals surface area contributed by atoms with E-state index in [9.17, 15) is 14.7 Å². The van der Waals surface area contributed by atoms with Gasteiger partial charge in [0.1, 0.15) is 5.75 Å². The van der Waals surface area contributed by atoms with E-state index in [1.807, 2.05) is 0 Å². The van der Waals surface area contributed by atoms with Crippen LogP contribution in [-0.4, -0.2) is 27.1 Å². The lowest BCUT2D eigenvalue weighted by Crippen LogP contribution is -2.23. The number of aromatic carboxylic acids is 1. The molecule has 0 saturated carbocycles. The van der Waals surface area contributed by atoms with E-state index in [4.69, 9.17) is 28.3 Å². The summed E-state index contributed by atoms with van der Waals surface area (Å²) in [5.41, 5.74) is 0.458. The molecule has 0 bridgehead atoms. The fourth-order valence-corrected chi connectivity index (χ4v) is 2.15. The number of phenolic OH excluding ortho intramolecular Hbond substituents is 1. The van der Waals surface area contributed by atoms with Crippen LogP contribution in [0.15, 0.2) is 30.5 Å². The minimum atomic E-state index is -1.08. The molecule has 0 aliphatic carbocycles. The third-order valence-corrected chi connectivity index (χ3v) is 3.28. The smallest absolute Gasteiger partial charge is 0.337 e. The number of aromatic nitrogens is 1. The van der Waals surface area contributed by atoms with E-state index < -0.39 is 11.9 Å². The summed E-state index contributed by atoms with van der Waals surface area (Å²) in [6, 6.07) is 5.47. The number of carbonyl (C=O) groups excluding carboxylic acids is 1. The third-order valence-electron chi connectivity index (χ3n) is 2.77. The highest BCUT2D eigenvalue weighted by molar-refractivity contribution is 6.36. The molecule has 0 saturated heterocycles. The van der Waals surface area contributed by atoms with Gasteiger partial charge in [-0.05, 0) is 24.3 Å². The van der Waals surface area contributed by atoms with Crippen molar-refractivity contribution in [3.05, 3.63) is 57.3 Å². The number of pyridine rings is 1. The highest BCUT2D eigenvalue weighted by Gasteiger charge is 2.15. The van der Waals surface area contributed by atoms with E-state index >= 15 is 0 Å². The Morgan fingerprint density at radius 2 is 1.95 bits per heavy atom. The second-order valence-electron chi connectivity index (χ2n) is 4.31. The Bertz CT molecular complexity index is 732. The first-order valence-corrected chi connectivity index (χ1v) is 6.78. The molecule has 0 aliphatic heterocycles. The SMILES string of the molecule is O=C(O)c1ccc(CNC(=O)c2cc(Cl)cc(Cl)c2O)nc1. The molecular formula is C14H10Cl2N2O4. The average molecular weight is 341 g/mol. The number of phenols is 1. The van der Waals surface area contributed by atoms with E-state index in [0.29, 0.717) is 5.69 Å². The number of hydrogen-bond donors (Lipinski definition) is 3. The molecule has 1 amide bonds. The van der Waals surface area contributed by atoms with Crippen molar-refractivity contribution in [2.24, 2.45) is 0 Å². The molecule has 2 rings (SSSR count). The van der Waals surface area contributed by atoms with Gasteiger partial charge in [-0.3, -0.25) is 9.78 Å². The highest BCUT2D eigenvalue weighted by atomic mass is 35.5. The zero-order valence-corrected chi connectivity index (χ0v) is 12.5. The number of carboxylic acid groups (broad SMARTS) is 1. The van der Waals surface area contributed by atoms with Crippen LogP contribution in [0.3, 0.4) is 0 Å².